The van der Waals surface area contributed by atoms with E-state index in [-0.39, 0.29) is 6.61 Å². The highest BCUT2D eigenvalue weighted by Crippen LogP contribution is 2.39. The molecule has 0 heterocycles. The molecule has 1 aromatic rings. The normalized spacial score (nSPS) is 22.0. The molecule has 0 saturated heterocycles. The van der Waals surface area contributed by atoms with Gasteiger partial charge in [-0.3, -0.25) is 0 Å². The lowest BCUT2D eigenvalue weighted by atomic mass is 9.72. The monoisotopic (exact) mass is 390 g/mol. The lowest BCUT2D eigenvalue weighted by molar-refractivity contribution is 0.119. The lowest BCUT2D eigenvalue weighted by Gasteiger charge is -2.34. The fraction of sp³-hybridized carbons (Fsp3) is 0.769. The summed E-state index contributed by atoms with van der Waals surface area (Å²) in [7, 11) is 0. The molecule has 1 aliphatic rings. The van der Waals surface area contributed by atoms with Gasteiger partial charge in [-0.15, -0.1) is 0 Å². The van der Waals surface area contributed by atoms with Crippen LogP contribution in [-0.2, 0) is 0 Å². The maximum absolute atomic E-state index is 14.8. The van der Waals surface area contributed by atoms with Crippen molar-refractivity contribution in [3.8, 4) is 5.75 Å². The second-order valence-corrected chi connectivity index (χ2v) is 8.96. The highest BCUT2D eigenvalue weighted by atomic mass is 19.1. The first-order valence-electron chi connectivity index (χ1n) is 12.0. The number of ether oxygens (including phenoxy) is 1. The quantitative estimate of drug-likeness (QED) is 0.290. The average Bonchev–Trinajstić information content (AvgIpc) is 2.74. The Labute approximate surface area is 173 Å². The SMILES string of the molecule is CCCCCCCCC(CC(F)COc1ccccc1)C1CCC(CC)CC1. The van der Waals surface area contributed by atoms with Crippen molar-refractivity contribution in [2.45, 2.75) is 103 Å². The van der Waals surface area contributed by atoms with E-state index in [0.717, 1.165) is 17.6 Å². The minimum atomic E-state index is -0.853. The van der Waals surface area contributed by atoms with Crippen LogP contribution in [0.5, 0.6) is 5.75 Å². The second-order valence-electron chi connectivity index (χ2n) is 8.96. The molecule has 0 radical (unpaired) electrons. The van der Waals surface area contributed by atoms with Crippen LogP contribution in [0, 0.1) is 17.8 Å². The summed E-state index contributed by atoms with van der Waals surface area (Å²) >= 11 is 0. The van der Waals surface area contributed by atoms with Crippen molar-refractivity contribution < 1.29 is 9.13 Å². The van der Waals surface area contributed by atoms with Gasteiger partial charge in [0.1, 0.15) is 18.5 Å². The number of hydrogen-bond acceptors (Lipinski definition) is 1. The summed E-state index contributed by atoms with van der Waals surface area (Å²) < 4.78 is 20.5. The van der Waals surface area contributed by atoms with Crippen LogP contribution in [0.3, 0.4) is 0 Å². The molecule has 2 heteroatoms. The first kappa shape index (κ1) is 23.2. The Morgan fingerprint density at radius 1 is 0.929 bits per heavy atom. The highest BCUT2D eigenvalue weighted by Gasteiger charge is 2.28. The Morgan fingerprint density at radius 2 is 1.61 bits per heavy atom. The lowest BCUT2D eigenvalue weighted by Crippen LogP contribution is -2.26. The molecule has 0 spiro atoms. The summed E-state index contributed by atoms with van der Waals surface area (Å²) in [5.74, 6) is 2.96. The summed E-state index contributed by atoms with van der Waals surface area (Å²) in [4.78, 5) is 0. The van der Waals surface area contributed by atoms with Crippen molar-refractivity contribution in [1.29, 1.82) is 0 Å². The second kappa shape index (κ2) is 14.0. The molecule has 0 amide bonds. The topological polar surface area (TPSA) is 9.23 Å². The number of halogens is 1. The third-order valence-electron chi connectivity index (χ3n) is 6.80. The van der Waals surface area contributed by atoms with Crippen LogP contribution in [0.25, 0.3) is 0 Å². The third-order valence-corrected chi connectivity index (χ3v) is 6.80. The first-order valence-corrected chi connectivity index (χ1v) is 12.0. The molecule has 28 heavy (non-hydrogen) atoms. The summed E-state index contributed by atoms with van der Waals surface area (Å²) in [6.07, 6.45) is 15.6. The molecule has 0 bridgehead atoms. The van der Waals surface area contributed by atoms with Crippen LogP contribution in [0.2, 0.25) is 0 Å². The number of alkyl halides is 1. The number of unbranched alkanes of at least 4 members (excludes halogenated alkanes) is 5. The highest BCUT2D eigenvalue weighted by molar-refractivity contribution is 5.20. The average molecular weight is 391 g/mol. The Hall–Kier alpha value is -1.05. The van der Waals surface area contributed by atoms with Gasteiger partial charge in [-0.25, -0.2) is 4.39 Å². The fourth-order valence-corrected chi connectivity index (χ4v) is 4.90. The molecule has 1 nitrogen and oxygen atoms in total. The van der Waals surface area contributed by atoms with E-state index < -0.39 is 6.17 Å². The molecule has 0 aromatic heterocycles. The van der Waals surface area contributed by atoms with Gasteiger partial charge in [0, 0.05) is 0 Å². The van der Waals surface area contributed by atoms with Crippen LogP contribution in [0.15, 0.2) is 30.3 Å². The largest absolute Gasteiger partial charge is 0.491 e. The number of rotatable bonds is 14. The van der Waals surface area contributed by atoms with E-state index in [1.165, 1.54) is 77.0 Å². The van der Waals surface area contributed by atoms with Crippen LogP contribution in [0.4, 0.5) is 4.39 Å². The van der Waals surface area contributed by atoms with Gasteiger partial charge in [-0.05, 0) is 49.1 Å². The van der Waals surface area contributed by atoms with Gasteiger partial charge < -0.3 is 4.74 Å². The van der Waals surface area contributed by atoms with Gasteiger partial charge in [0.15, 0.2) is 0 Å². The summed E-state index contributed by atoms with van der Waals surface area (Å²) in [5.41, 5.74) is 0. The van der Waals surface area contributed by atoms with Crippen LogP contribution in [-0.4, -0.2) is 12.8 Å². The maximum Gasteiger partial charge on any atom is 0.134 e. The van der Waals surface area contributed by atoms with Gasteiger partial charge >= 0.3 is 0 Å². The molecule has 0 N–H and O–H groups in total. The minimum absolute atomic E-state index is 0.196. The zero-order chi connectivity index (χ0) is 20.0. The molecule has 1 saturated carbocycles. The van der Waals surface area contributed by atoms with E-state index in [2.05, 4.69) is 13.8 Å². The zero-order valence-corrected chi connectivity index (χ0v) is 18.4. The number of para-hydroxylation sites is 1. The van der Waals surface area contributed by atoms with Crippen molar-refractivity contribution >= 4 is 0 Å². The predicted molar refractivity (Wildman–Crippen MR) is 119 cm³/mol. The molecule has 2 rings (SSSR count). The Balaban J connectivity index is 1.78. The summed E-state index contributed by atoms with van der Waals surface area (Å²) in [6.45, 7) is 4.78. The van der Waals surface area contributed by atoms with Crippen molar-refractivity contribution in [2.75, 3.05) is 6.61 Å². The standard InChI is InChI=1S/C26H43FO/c1-3-5-6-7-8-10-13-24(23-18-16-22(4-2)17-19-23)20-25(27)21-28-26-14-11-9-12-15-26/h9,11-12,14-15,22-25H,3-8,10,13,16-21H2,1-2H3. The molecule has 1 aromatic carbocycles. The van der Waals surface area contributed by atoms with Gasteiger partial charge in [-0.2, -0.15) is 0 Å². The van der Waals surface area contributed by atoms with Crippen molar-refractivity contribution in [2.24, 2.45) is 17.8 Å². The van der Waals surface area contributed by atoms with Crippen molar-refractivity contribution in [1.82, 2.24) is 0 Å². The van der Waals surface area contributed by atoms with E-state index in [0.29, 0.717) is 12.3 Å². The molecule has 2 atom stereocenters. The molecule has 160 valence electrons. The van der Waals surface area contributed by atoms with Crippen LogP contribution < -0.4 is 4.74 Å². The van der Waals surface area contributed by atoms with E-state index in [1.807, 2.05) is 30.3 Å². The van der Waals surface area contributed by atoms with E-state index >= 15 is 0 Å². The predicted octanol–water partition coefficient (Wildman–Crippen LogP) is 8.38. The minimum Gasteiger partial charge on any atom is -0.491 e. The molecule has 1 aliphatic carbocycles. The van der Waals surface area contributed by atoms with Crippen LogP contribution >= 0.6 is 0 Å². The van der Waals surface area contributed by atoms with Gasteiger partial charge in [0.25, 0.3) is 0 Å². The molecular weight excluding hydrogens is 347 g/mol. The molecule has 2 unspecified atom stereocenters. The smallest absolute Gasteiger partial charge is 0.134 e. The molecular formula is C26H43FO. The zero-order valence-electron chi connectivity index (χ0n) is 18.4. The van der Waals surface area contributed by atoms with Gasteiger partial charge in [0.05, 0.1) is 0 Å². The Kier molecular flexibility index (Phi) is 11.6. The van der Waals surface area contributed by atoms with Gasteiger partial charge in [-0.1, -0.05) is 96.3 Å². The fourth-order valence-electron chi connectivity index (χ4n) is 4.90. The van der Waals surface area contributed by atoms with Crippen LogP contribution in [0.1, 0.15) is 97.3 Å². The summed E-state index contributed by atoms with van der Waals surface area (Å²) in [6, 6.07) is 9.66. The third kappa shape index (κ3) is 8.97. The van der Waals surface area contributed by atoms with Crippen molar-refractivity contribution in [3.05, 3.63) is 30.3 Å². The van der Waals surface area contributed by atoms with E-state index in [9.17, 15) is 4.39 Å². The molecule has 0 aliphatic heterocycles. The summed E-state index contributed by atoms with van der Waals surface area (Å²) in [5, 5.41) is 0. The maximum atomic E-state index is 14.8. The van der Waals surface area contributed by atoms with Gasteiger partial charge in [0.2, 0.25) is 0 Å². The Bertz CT molecular complexity index is 480. The number of benzene rings is 1. The Morgan fingerprint density at radius 3 is 2.29 bits per heavy atom. The molecule has 1 fully saturated rings. The number of hydrogen-bond donors (Lipinski definition) is 0. The van der Waals surface area contributed by atoms with Crippen molar-refractivity contribution in [3.63, 3.8) is 0 Å². The van der Waals surface area contributed by atoms with E-state index in [4.69, 9.17) is 4.74 Å². The first-order chi connectivity index (χ1) is 13.7. The van der Waals surface area contributed by atoms with E-state index in [1.54, 1.807) is 0 Å².